The molecular formula is C22H28N2O3S. The van der Waals surface area contributed by atoms with E-state index in [1.54, 1.807) is 17.0 Å². The second kappa shape index (κ2) is 7.24. The van der Waals surface area contributed by atoms with Crippen molar-refractivity contribution in [2.45, 2.75) is 45.6 Å². The molecule has 6 heteroatoms. The predicted octanol–water partition coefficient (Wildman–Crippen LogP) is 3.73. The Labute approximate surface area is 168 Å². The van der Waals surface area contributed by atoms with Gasteiger partial charge in [-0.05, 0) is 48.1 Å². The fraction of sp³-hybridized carbons (Fsp3) is 0.409. The number of benzene rings is 2. The van der Waals surface area contributed by atoms with Gasteiger partial charge in [-0.15, -0.1) is 0 Å². The van der Waals surface area contributed by atoms with Crippen LogP contribution in [0.2, 0.25) is 0 Å². The summed E-state index contributed by atoms with van der Waals surface area (Å²) in [6, 6.07) is 15.2. The van der Waals surface area contributed by atoms with Gasteiger partial charge in [0.2, 0.25) is 15.9 Å². The maximum Gasteiger partial charge on any atom is 0.248 e. The summed E-state index contributed by atoms with van der Waals surface area (Å²) in [4.78, 5) is 14.8. The molecule has 2 aromatic rings. The second-order valence-corrected chi connectivity index (χ2v) is 10.4. The van der Waals surface area contributed by atoms with E-state index in [4.69, 9.17) is 0 Å². The van der Waals surface area contributed by atoms with Crippen LogP contribution in [0.1, 0.15) is 38.8 Å². The van der Waals surface area contributed by atoms with Crippen molar-refractivity contribution in [2.24, 2.45) is 0 Å². The summed E-state index contributed by atoms with van der Waals surface area (Å²) in [5, 5.41) is 0. The number of hydrogen-bond acceptors (Lipinski definition) is 3. The number of hydrogen-bond donors (Lipinski definition) is 0. The van der Waals surface area contributed by atoms with Crippen LogP contribution in [0.3, 0.4) is 0 Å². The Hall–Kier alpha value is -2.34. The van der Waals surface area contributed by atoms with Gasteiger partial charge in [-0.2, -0.15) is 0 Å². The third-order valence-corrected chi connectivity index (χ3v) is 6.32. The number of carbonyl (C=O) groups is 1. The van der Waals surface area contributed by atoms with E-state index in [1.807, 2.05) is 43.3 Å². The number of carbonyl (C=O) groups excluding carboxylic acids is 1. The van der Waals surface area contributed by atoms with E-state index in [9.17, 15) is 13.2 Å². The number of nitrogens with zero attached hydrogens (tertiary/aromatic N) is 2. The van der Waals surface area contributed by atoms with Crippen molar-refractivity contribution >= 4 is 27.3 Å². The van der Waals surface area contributed by atoms with Crippen molar-refractivity contribution in [1.29, 1.82) is 0 Å². The first-order chi connectivity index (χ1) is 13.0. The predicted molar refractivity (Wildman–Crippen MR) is 114 cm³/mol. The van der Waals surface area contributed by atoms with Crippen molar-refractivity contribution in [2.75, 3.05) is 22.0 Å². The van der Waals surface area contributed by atoms with Gasteiger partial charge in [0.15, 0.2) is 0 Å². The van der Waals surface area contributed by atoms with Crippen LogP contribution in [0.15, 0.2) is 48.5 Å². The van der Waals surface area contributed by atoms with Crippen molar-refractivity contribution < 1.29 is 13.2 Å². The van der Waals surface area contributed by atoms with Crippen LogP contribution in [0.4, 0.5) is 11.4 Å². The van der Waals surface area contributed by atoms with Gasteiger partial charge < -0.3 is 4.90 Å². The van der Waals surface area contributed by atoms with E-state index in [1.165, 1.54) is 4.31 Å². The largest absolute Gasteiger partial charge is 0.307 e. The lowest BCUT2D eigenvalue weighted by atomic mass is 9.87. The summed E-state index contributed by atoms with van der Waals surface area (Å²) in [5.41, 5.74) is 3.57. The highest BCUT2D eigenvalue weighted by molar-refractivity contribution is 7.92. The highest BCUT2D eigenvalue weighted by Crippen LogP contribution is 2.32. The van der Waals surface area contributed by atoms with Crippen LogP contribution in [0.5, 0.6) is 0 Å². The molecule has 0 unspecified atom stereocenters. The molecule has 28 heavy (non-hydrogen) atoms. The first kappa shape index (κ1) is 20.4. The molecule has 3 rings (SSSR count). The molecule has 0 fully saturated rings. The minimum absolute atomic E-state index is 0.00887. The Kier molecular flexibility index (Phi) is 5.28. The molecule has 0 saturated carbocycles. The Bertz CT molecular complexity index is 976. The van der Waals surface area contributed by atoms with Gasteiger partial charge in [0, 0.05) is 11.7 Å². The Balaban J connectivity index is 1.89. The molecule has 0 aromatic heterocycles. The molecule has 0 aliphatic carbocycles. The van der Waals surface area contributed by atoms with E-state index < -0.39 is 10.0 Å². The maximum absolute atomic E-state index is 13.1. The van der Waals surface area contributed by atoms with E-state index in [-0.39, 0.29) is 23.9 Å². The van der Waals surface area contributed by atoms with Gasteiger partial charge in [-0.3, -0.25) is 9.10 Å². The van der Waals surface area contributed by atoms with Gasteiger partial charge in [0.25, 0.3) is 0 Å². The molecular weight excluding hydrogens is 372 g/mol. The molecule has 5 nitrogen and oxygen atoms in total. The second-order valence-electron chi connectivity index (χ2n) is 8.51. The molecule has 1 heterocycles. The minimum Gasteiger partial charge on any atom is -0.307 e. The number of rotatable bonds is 4. The van der Waals surface area contributed by atoms with Gasteiger partial charge in [0.1, 0.15) is 6.54 Å². The maximum atomic E-state index is 13.1. The summed E-state index contributed by atoms with van der Waals surface area (Å²) in [7, 11) is -3.60. The number of sulfonamides is 1. The van der Waals surface area contributed by atoms with E-state index >= 15 is 0 Å². The SMILES string of the molecule is C[C@@H]1Cc2ccccc2N1C(=O)CN(c1ccc(C(C)(C)C)cc1)S(C)(=O)=O. The molecule has 0 radical (unpaired) electrons. The quantitative estimate of drug-likeness (QED) is 0.786. The first-order valence-electron chi connectivity index (χ1n) is 9.46. The average Bonchev–Trinajstić information content (AvgIpc) is 2.93. The Morgan fingerprint density at radius 3 is 2.29 bits per heavy atom. The third kappa shape index (κ3) is 4.07. The van der Waals surface area contributed by atoms with Crippen LogP contribution in [0, 0.1) is 0 Å². The van der Waals surface area contributed by atoms with Crippen LogP contribution in [-0.2, 0) is 26.7 Å². The lowest BCUT2D eigenvalue weighted by molar-refractivity contribution is -0.117. The number of amides is 1. The van der Waals surface area contributed by atoms with Gasteiger partial charge in [-0.1, -0.05) is 51.1 Å². The van der Waals surface area contributed by atoms with Crippen molar-refractivity contribution in [3.8, 4) is 0 Å². The number of anilines is 2. The molecule has 1 amide bonds. The Morgan fingerprint density at radius 1 is 1.11 bits per heavy atom. The molecule has 0 spiro atoms. The van der Waals surface area contributed by atoms with E-state index in [2.05, 4.69) is 20.8 Å². The summed E-state index contributed by atoms with van der Waals surface area (Å²) >= 11 is 0. The minimum atomic E-state index is -3.60. The fourth-order valence-corrected chi connectivity index (χ4v) is 4.52. The molecule has 0 saturated heterocycles. The molecule has 1 aliphatic rings. The number of fused-ring (bicyclic) bond motifs is 1. The normalized spacial score (nSPS) is 16.8. The van der Waals surface area contributed by atoms with Crippen molar-refractivity contribution in [1.82, 2.24) is 0 Å². The van der Waals surface area contributed by atoms with Crippen LogP contribution in [-0.4, -0.2) is 33.2 Å². The first-order valence-corrected chi connectivity index (χ1v) is 11.3. The summed E-state index contributed by atoms with van der Waals surface area (Å²) < 4.78 is 26.1. The summed E-state index contributed by atoms with van der Waals surface area (Å²) in [6.07, 6.45) is 1.92. The van der Waals surface area contributed by atoms with Crippen molar-refractivity contribution in [3.63, 3.8) is 0 Å². The highest BCUT2D eigenvalue weighted by atomic mass is 32.2. The zero-order chi connectivity index (χ0) is 20.7. The monoisotopic (exact) mass is 400 g/mol. The zero-order valence-corrected chi connectivity index (χ0v) is 18.0. The summed E-state index contributed by atoms with van der Waals surface area (Å²) in [6.45, 7) is 8.08. The molecule has 2 aromatic carbocycles. The standard InChI is InChI=1S/C22H28N2O3S/c1-16-14-17-8-6-7-9-20(17)24(16)21(25)15-23(28(5,26)27)19-12-10-18(11-13-19)22(2,3)4/h6-13,16H,14-15H2,1-5H3/t16-/m1/s1. The van der Waals surface area contributed by atoms with Gasteiger partial charge in [0.05, 0.1) is 11.9 Å². The summed E-state index contributed by atoms with van der Waals surface area (Å²) in [5.74, 6) is -0.220. The Morgan fingerprint density at radius 2 is 1.71 bits per heavy atom. The smallest absolute Gasteiger partial charge is 0.248 e. The molecule has 0 bridgehead atoms. The number of para-hydroxylation sites is 1. The van der Waals surface area contributed by atoms with Crippen LogP contribution >= 0.6 is 0 Å². The lowest BCUT2D eigenvalue weighted by Crippen LogP contribution is -2.45. The molecule has 150 valence electrons. The van der Waals surface area contributed by atoms with Gasteiger partial charge >= 0.3 is 0 Å². The van der Waals surface area contributed by atoms with E-state index in [0.29, 0.717) is 5.69 Å². The fourth-order valence-electron chi connectivity index (χ4n) is 3.67. The van der Waals surface area contributed by atoms with Gasteiger partial charge in [-0.25, -0.2) is 8.42 Å². The molecule has 0 N–H and O–H groups in total. The topological polar surface area (TPSA) is 57.7 Å². The zero-order valence-electron chi connectivity index (χ0n) is 17.1. The molecule has 1 atom stereocenters. The van der Waals surface area contributed by atoms with E-state index in [0.717, 1.165) is 29.5 Å². The lowest BCUT2D eigenvalue weighted by Gasteiger charge is -2.28. The molecule has 1 aliphatic heterocycles. The van der Waals surface area contributed by atoms with Crippen molar-refractivity contribution in [3.05, 3.63) is 59.7 Å². The highest BCUT2D eigenvalue weighted by Gasteiger charge is 2.33. The van der Waals surface area contributed by atoms with Crippen LogP contribution in [0.25, 0.3) is 0 Å². The average molecular weight is 401 g/mol. The van der Waals surface area contributed by atoms with Crippen LogP contribution < -0.4 is 9.21 Å². The third-order valence-electron chi connectivity index (χ3n) is 5.18.